The van der Waals surface area contributed by atoms with E-state index in [0.717, 1.165) is 6.92 Å². The summed E-state index contributed by atoms with van der Waals surface area (Å²) in [7, 11) is 0. The number of carboxylic acid groups (broad SMARTS) is 2. The molecule has 5 nitrogen and oxygen atoms in total. The molecule has 0 aromatic rings. The predicted molar refractivity (Wildman–Crippen MR) is 44.0 cm³/mol. The molecular weight excluding hydrogens is 361 g/mol. The van der Waals surface area contributed by atoms with E-state index in [9.17, 15) is 4.79 Å². The molecule has 0 aromatic carbocycles. The molecule has 0 saturated heterocycles. The molecule has 1 radical (unpaired) electrons. The SMILES string of the molecule is CC(=O)O.CC(C)(C)C(=O)O.O.[Au]. The summed E-state index contributed by atoms with van der Waals surface area (Å²) >= 11 is 0. The first-order chi connectivity index (χ1) is 4.68. The monoisotopic (exact) mass is 377 g/mol. The van der Waals surface area contributed by atoms with Crippen LogP contribution in [0.1, 0.15) is 27.7 Å². The zero-order valence-electron chi connectivity index (χ0n) is 8.01. The van der Waals surface area contributed by atoms with E-state index >= 15 is 0 Å². The molecule has 0 bridgehead atoms. The number of rotatable bonds is 0. The number of hydrogen-bond acceptors (Lipinski definition) is 2. The van der Waals surface area contributed by atoms with E-state index < -0.39 is 17.4 Å². The molecule has 13 heavy (non-hydrogen) atoms. The molecule has 0 aromatic heterocycles. The van der Waals surface area contributed by atoms with Crippen molar-refractivity contribution < 1.29 is 47.7 Å². The second kappa shape index (κ2) is 9.73. The summed E-state index contributed by atoms with van der Waals surface area (Å²) in [6.07, 6.45) is 0. The van der Waals surface area contributed by atoms with Crippen molar-refractivity contribution in [2.45, 2.75) is 27.7 Å². The van der Waals surface area contributed by atoms with E-state index in [0.29, 0.717) is 0 Å². The third-order valence-electron chi connectivity index (χ3n) is 0.642. The van der Waals surface area contributed by atoms with Crippen LogP contribution in [-0.4, -0.2) is 27.6 Å². The Morgan fingerprint density at radius 2 is 1.15 bits per heavy atom. The van der Waals surface area contributed by atoms with Crippen molar-refractivity contribution in [1.29, 1.82) is 0 Å². The van der Waals surface area contributed by atoms with Crippen molar-refractivity contribution in [3.8, 4) is 0 Å². The quantitative estimate of drug-likeness (QED) is 0.596. The van der Waals surface area contributed by atoms with Gasteiger partial charge in [0.1, 0.15) is 0 Å². The summed E-state index contributed by atoms with van der Waals surface area (Å²) in [5.41, 5.74) is -0.583. The van der Waals surface area contributed by atoms with Gasteiger partial charge in [0.2, 0.25) is 0 Å². The fourth-order valence-electron chi connectivity index (χ4n) is 0. The molecule has 0 heterocycles. The Hall–Kier alpha value is -0.360. The Bertz CT molecular complexity index is 145. The number of carboxylic acids is 2. The average Bonchev–Trinajstić information content (AvgIpc) is 1.59. The van der Waals surface area contributed by atoms with Crippen LogP contribution in [0.2, 0.25) is 0 Å². The van der Waals surface area contributed by atoms with Gasteiger partial charge in [-0.2, -0.15) is 0 Å². The molecular formula is C7H16AuO5. The summed E-state index contributed by atoms with van der Waals surface area (Å²) in [5.74, 6) is -1.59. The first kappa shape index (κ1) is 22.9. The zero-order valence-corrected chi connectivity index (χ0v) is 10.2. The predicted octanol–water partition coefficient (Wildman–Crippen LogP) is 0.381. The van der Waals surface area contributed by atoms with Gasteiger partial charge in [-0.3, -0.25) is 9.59 Å². The van der Waals surface area contributed by atoms with Crippen LogP contribution in [0.25, 0.3) is 0 Å². The van der Waals surface area contributed by atoms with Gasteiger partial charge in [-0.25, -0.2) is 0 Å². The van der Waals surface area contributed by atoms with Crippen LogP contribution in [0.3, 0.4) is 0 Å². The Kier molecular flexibility index (Phi) is 17.2. The standard InChI is InChI=1S/C5H10O2.C2H4O2.Au.H2O/c1-5(2,3)4(6)7;1-2(3)4;;/h1-3H3,(H,6,7);1H3,(H,3,4);;1H2. The van der Waals surface area contributed by atoms with Gasteiger partial charge in [0.25, 0.3) is 5.97 Å². The summed E-state index contributed by atoms with van der Waals surface area (Å²) in [6, 6.07) is 0. The van der Waals surface area contributed by atoms with Gasteiger partial charge in [0, 0.05) is 29.3 Å². The van der Waals surface area contributed by atoms with Gasteiger partial charge >= 0.3 is 5.97 Å². The Morgan fingerprint density at radius 1 is 1.08 bits per heavy atom. The maximum absolute atomic E-state index is 10.0. The maximum atomic E-state index is 10.0. The molecule has 0 aliphatic heterocycles. The second-order valence-electron chi connectivity index (χ2n) is 3.07. The van der Waals surface area contributed by atoms with Crippen LogP contribution in [-0.2, 0) is 32.0 Å². The Morgan fingerprint density at radius 3 is 1.15 bits per heavy atom. The largest absolute Gasteiger partial charge is 0.481 e. The summed E-state index contributed by atoms with van der Waals surface area (Å²) in [6.45, 7) is 6.07. The van der Waals surface area contributed by atoms with Gasteiger partial charge in [0.15, 0.2) is 0 Å². The van der Waals surface area contributed by atoms with Crippen molar-refractivity contribution in [2.24, 2.45) is 5.41 Å². The van der Waals surface area contributed by atoms with Crippen molar-refractivity contribution in [3.63, 3.8) is 0 Å². The molecule has 0 aliphatic rings. The summed E-state index contributed by atoms with van der Waals surface area (Å²) in [4.78, 5) is 19.0. The average molecular weight is 377 g/mol. The molecule has 0 amide bonds. The first-order valence-electron chi connectivity index (χ1n) is 3.11. The van der Waals surface area contributed by atoms with E-state index in [1.165, 1.54) is 0 Å². The van der Waals surface area contributed by atoms with E-state index in [4.69, 9.17) is 15.0 Å². The fraction of sp³-hybridized carbons (Fsp3) is 0.714. The van der Waals surface area contributed by atoms with E-state index in [1.807, 2.05) is 0 Å². The topological polar surface area (TPSA) is 106 Å². The molecule has 0 fully saturated rings. The minimum atomic E-state index is -0.833. The molecule has 0 aliphatic carbocycles. The molecule has 0 atom stereocenters. The number of aliphatic carboxylic acids is 2. The first-order valence-corrected chi connectivity index (χ1v) is 3.11. The van der Waals surface area contributed by atoms with E-state index in [-0.39, 0.29) is 27.9 Å². The smallest absolute Gasteiger partial charge is 0.308 e. The molecule has 0 spiro atoms. The van der Waals surface area contributed by atoms with Crippen LogP contribution in [0.5, 0.6) is 0 Å². The molecule has 0 saturated carbocycles. The number of hydrogen-bond donors (Lipinski definition) is 2. The zero-order chi connectivity index (χ0) is 9.65. The van der Waals surface area contributed by atoms with Gasteiger partial charge in [-0.05, 0) is 20.8 Å². The Labute approximate surface area is 93.0 Å². The van der Waals surface area contributed by atoms with E-state index in [2.05, 4.69) is 0 Å². The van der Waals surface area contributed by atoms with E-state index in [1.54, 1.807) is 20.8 Å². The van der Waals surface area contributed by atoms with Gasteiger partial charge in [0.05, 0.1) is 5.41 Å². The minimum absolute atomic E-state index is 0. The van der Waals surface area contributed by atoms with Gasteiger partial charge in [-0.15, -0.1) is 0 Å². The maximum Gasteiger partial charge on any atom is 0.308 e. The molecule has 0 rings (SSSR count). The van der Waals surface area contributed by atoms with Crippen LogP contribution in [0.15, 0.2) is 0 Å². The third kappa shape index (κ3) is 34.0. The fourth-order valence-corrected chi connectivity index (χ4v) is 0. The normalized spacial score (nSPS) is 8.00. The molecule has 4 N–H and O–H groups in total. The van der Waals surface area contributed by atoms with Gasteiger partial charge in [-0.1, -0.05) is 0 Å². The molecule has 85 valence electrons. The van der Waals surface area contributed by atoms with Crippen LogP contribution >= 0.6 is 0 Å². The Balaban J connectivity index is -0.0000000600. The van der Waals surface area contributed by atoms with Crippen LogP contribution in [0.4, 0.5) is 0 Å². The number of carbonyl (C=O) groups is 2. The van der Waals surface area contributed by atoms with Crippen LogP contribution < -0.4 is 0 Å². The molecule has 6 heteroatoms. The van der Waals surface area contributed by atoms with Crippen molar-refractivity contribution in [3.05, 3.63) is 0 Å². The third-order valence-corrected chi connectivity index (χ3v) is 0.642. The minimum Gasteiger partial charge on any atom is -0.481 e. The van der Waals surface area contributed by atoms with Crippen molar-refractivity contribution in [1.82, 2.24) is 0 Å². The van der Waals surface area contributed by atoms with Crippen molar-refractivity contribution >= 4 is 11.9 Å². The van der Waals surface area contributed by atoms with Crippen LogP contribution in [0, 0.1) is 5.41 Å². The summed E-state index contributed by atoms with van der Waals surface area (Å²) in [5, 5.41) is 15.7. The second-order valence-corrected chi connectivity index (χ2v) is 3.07. The summed E-state index contributed by atoms with van der Waals surface area (Å²) < 4.78 is 0. The van der Waals surface area contributed by atoms with Gasteiger partial charge < -0.3 is 15.7 Å². The van der Waals surface area contributed by atoms with Crippen molar-refractivity contribution in [2.75, 3.05) is 0 Å². The molecule has 0 unspecified atom stereocenters.